The lowest BCUT2D eigenvalue weighted by molar-refractivity contribution is -0.131. The first kappa shape index (κ1) is 19.4. The summed E-state index contributed by atoms with van der Waals surface area (Å²) in [7, 11) is 1.79. The van der Waals surface area contributed by atoms with Crippen molar-refractivity contribution >= 4 is 39.2 Å². The summed E-state index contributed by atoms with van der Waals surface area (Å²) in [6.45, 7) is 2.40. The molecule has 0 spiro atoms. The van der Waals surface area contributed by atoms with Crippen LogP contribution in [0.2, 0.25) is 0 Å². The number of carbonyl (C=O) groups is 1. The van der Waals surface area contributed by atoms with Crippen LogP contribution >= 0.6 is 23.1 Å². The van der Waals surface area contributed by atoms with Crippen LogP contribution < -0.4 is 11.3 Å². The molecule has 0 bridgehead atoms. The minimum absolute atomic E-state index is 0.0161. The summed E-state index contributed by atoms with van der Waals surface area (Å²) in [5.74, 6) is 2.10. The second-order valence-corrected chi connectivity index (χ2v) is 8.98. The highest BCUT2D eigenvalue weighted by atomic mass is 32.2. The predicted molar refractivity (Wildman–Crippen MR) is 109 cm³/mol. The maximum absolute atomic E-state index is 12.5. The Hall–Kier alpha value is -1.38. The van der Waals surface area contributed by atoms with Gasteiger partial charge in [0.25, 0.3) is 5.56 Å². The number of carbonyl (C=O) groups excluding carboxylic acids is 1. The topological polar surface area (TPSA) is 92.1 Å². The van der Waals surface area contributed by atoms with Gasteiger partial charge in [0.15, 0.2) is 0 Å². The van der Waals surface area contributed by atoms with Crippen LogP contribution in [0, 0.1) is 0 Å². The van der Waals surface area contributed by atoms with Crippen LogP contribution in [0.15, 0.2) is 4.79 Å². The molecule has 2 aromatic rings. The molecule has 2 heterocycles. The maximum Gasteiger partial charge on any atom is 0.259 e. The Morgan fingerprint density at radius 1 is 1.42 bits per heavy atom. The molecule has 0 aromatic carbocycles. The Kier molecular flexibility index (Phi) is 6.37. The fourth-order valence-electron chi connectivity index (χ4n) is 3.19. The monoisotopic (exact) mass is 394 g/mol. The number of fused-ring (bicyclic) bond motifs is 3. The van der Waals surface area contributed by atoms with Gasteiger partial charge in [-0.05, 0) is 38.2 Å². The van der Waals surface area contributed by atoms with E-state index in [0.29, 0.717) is 30.3 Å². The minimum Gasteiger partial charge on any atom is -0.342 e. The fraction of sp³-hybridized carbons (Fsp3) is 0.611. The normalized spacial score (nSPS) is 15.0. The van der Waals surface area contributed by atoms with Crippen LogP contribution in [0.5, 0.6) is 0 Å². The van der Waals surface area contributed by atoms with Gasteiger partial charge in [0, 0.05) is 36.7 Å². The van der Waals surface area contributed by atoms with E-state index < -0.39 is 0 Å². The minimum atomic E-state index is -0.0161. The number of thioether (sulfide) groups is 1. The third-order valence-electron chi connectivity index (χ3n) is 4.97. The number of H-pyrrole nitrogens is 1. The van der Waals surface area contributed by atoms with Gasteiger partial charge in [0.2, 0.25) is 5.91 Å². The van der Waals surface area contributed by atoms with Gasteiger partial charge >= 0.3 is 0 Å². The second-order valence-electron chi connectivity index (χ2n) is 6.80. The van der Waals surface area contributed by atoms with Gasteiger partial charge in [-0.15, -0.1) is 11.3 Å². The van der Waals surface area contributed by atoms with Crippen LogP contribution in [0.3, 0.4) is 0 Å². The SMILES string of the molecule is CC(CN)N(C)C(=O)CCSCc1nc2sc3c(c2c(=O)[nH]1)CCCC3. The molecule has 0 fully saturated rings. The predicted octanol–water partition coefficient (Wildman–Crippen LogP) is 2.29. The molecule has 8 heteroatoms. The van der Waals surface area contributed by atoms with Crippen LogP contribution in [0.1, 0.15) is 42.5 Å². The first-order valence-electron chi connectivity index (χ1n) is 9.08. The average molecular weight is 395 g/mol. The lowest BCUT2D eigenvalue weighted by Gasteiger charge is -2.23. The van der Waals surface area contributed by atoms with Crippen molar-refractivity contribution in [3.05, 3.63) is 26.6 Å². The summed E-state index contributed by atoms with van der Waals surface area (Å²) in [5, 5.41) is 0.797. The Balaban J connectivity index is 1.60. The van der Waals surface area contributed by atoms with Gasteiger partial charge in [-0.25, -0.2) is 4.98 Å². The van der Waals surface area contributed by atoms with Gasteiger partial charge in [-0.1, -0.05) is 0 Å². The molecule has 1 unspecified atom stereocenters. The molecule has 0 saturated heterocycles. The maximum atomic E-state index is 12.5. The molecule has 0 radical (unpaired) electrons. The Morgan fingerprint density at radius 2 is 2.19 bits per heavy atom. The van der Waals surface area contributed by atoms with Gasteiger partial charge in [0.05, 0.1) is 11.1 Å². The first-order valence-corrected chi connectivity index (χ1v) is 11.0. The van der Waals surface area contributed by atoms with E-state index in [1.807, 2.05) is 6.92 Å². The van der Waals surface area contributed by atoms with E-state index in [1.54, 1.807) is 35.0 Å². The second kappa shape index (κ2) is 8.54. The molecule has 1 aliphatic carbocycles. The summed E-state index contributed by atoms with van der Waals surface area (Å²) in [4.78, 5) is 36.1. The summed E-state index contributed by atoms with van der Waals surface area (Å²) in [5.41, 5.74) is 6.80. The number of aromatic nitrogens is 2. The molecule has 6 nitrogen and oxygen atoms in total. The molecule has 0 saturated carbocycles. The quantitative estimate of drug-likeness (QED) is 0.703. The number of nitrogens with one attached hydrogen (secondary N) is 1. The Bertz CT molecular complexity index is 846. The zero-order chi connectivity index (χ0) is 18.7. The van der Waals surface area contributed by atoms with Gasteiger partial charge in [-0.2, -0.15) is 11.8 Å². The van der Waals surface area contributed by atoms with Crippen molar-refractivity contribution in [2.45, 2.75) is 50.8 Å². The van der Waals surface area contributed by atoms with E-state index in [-0.39, 0.29) is 17.5 Å². The van der Waals surface area contributed by atoms with E-state index in [1.165, 1.54) is 16.9 Å². The number of rotatable bonds is 7. The average Bonchev–Trinajstić information content (AvgIpc) is 3.02. The van der Waals surface area contributed by atoms with E-state index in [2.05, 4.69) is 9.97 Å². The highest BCUT2D eigenvalue weighted by Crippen LogP contribution is 2.33. The molecule has 1 aliphatic rings. The summed E-state index contributed by atoms with van der Waals surface area (Å²) < 4.78 is 0. The number of aromatic amines is 1. The van der Waals surface area contributed by atoms with Crippen molar-refractivity contribution in [3.63, 3.8) is 0 Å². The number of thiophene rings is 1. The largest absolute Gasteiger partial charge is 0.342 e. The van der Waals surface area contributed by atoms with Gasteiger partial charge in [-0.3, -0.25) is 9.59 Å². The van der Waals surface area contributed by atoms with Crippen LogP contribution in [0.25, 0.3) is 10.2 Å². The molecule has 3 N–H and O–H groups in total. The third kappa shape index (κ3) is 4.13. The van der Waals surface area contributed by atoms with Crippen LogP contribution in [0.4, 0.5) is 0 Å². The van der Waals surface area contributed by atoms with Crippen molar-refractivity contribution < 1.29 is 4.79 Å². The van der Waals surface area contributed by atoms with Gasteiger partial charge < -0.3 is 15.6 Å². The lowest BCUT2D eigenvalue weighted by atomic mass is 9.97. The van der Waals surface area contributed by atoms with Crippen molar-refractivity contribution in [2.24, 2.45) is 5.73 Å². The van der Waals surface area contributed by atoms with Crippen molar-refractivity contribution in [3.8, 4) is 0 Å². The van der Waals surface area contributed by atoms with E-state index in [0.717, 1.165) is 29.5 Å². The fourth-order valence-corrected chi connectivity index (χ4v) is 5.26. The number of amides is 1. The molecule has 3 rings (SSSR count). The summed E-state index contributed by atoms with van der Waals surface area (Å²) >= 11 is 3.29. The number of nitrogens with two attached hydrogens (primary N) is 1. The number of likely N-dealkylation sites (N-methyl/N-ethyl adjacent to an activating group) is 1. The van der Waals surface area contributed by atoms with E-state index in [4.69, 9.17) is 5.73 Å². The number of hydrogen-bond donors (Lipinski definition) is 2. The zero-order valence-corrected chi connectivity index (χ0v) is 17.0. The molecule has 26 heavy (non-hydrogen) atoms. The Labute approximate surface area is 161 Å². The molecule has 1 atom stereocenters. The van der Waals surface area contributed by atoms with Crippen molar-refractivity contribution in [1.82, 2.24) is 14.9 Å². The molecule has 142 valence electrons. The Morgan fingerprint density at radius 3 is 2.96 bits per heavy atom. The summed E-state index contributed by atoms with van der Waals surface area (Å²) in [6, 6.07) is 0.0535. The molecular formula is C18H26N4O2S2. The lowest BCUT2D eigenvalue weighted by Crippen LogP contribution is -2.39. The number of aryl methyl sites for hydroxylation is 2. The standard InChI is InChI=1S/C18H26N4O2S2/c1-11(9-19)22(2)15(23)7-8-25-10-14-20-17(24)16-12-5-3-4-6-13(12)26-18(16)21-14/h11H,3-10,19H2,1-2H3,(H,20,21,24). The van der Waals surface area contributed by atoms with Gasteiger partial charge in [0.1, 0.15) is 10.7 Å². The number of nitrogens with zero attached hydrogens (tertiary/aromatic N) is 2. The zero-order valence-electron chi connectivity index (χ0n) is 15.3. The highest BCUT2D eigenvalue weighted by molar-refractivity contribution is 7.98. The number of hydrogen-bond acceptors (Lipinski definition) is 6. The van der Waals surface area contributed by atoms with E-state index >= 15 is 0 Å². The smallest absolute Gasteiger partial charge is 0.259 e. The third-order valence-corrected chi connectivity index (χ3v) is 7.12. The van der Waals surface area contributed by atoms with Crippen LogP contribution in [-0.2, 0) is 23.4 Å². The van der Waals surface area contributed by atoms with Crippen LogP contribution in [-0.4, -0.2) is 46.2 Å². The molecular weight excluding hydrogens is 368 g/mol. The summed E-state index contributed by atoms with van der Waals surface area (Å²) in [6.07, 6.45) is 4.87. The van der Waals surface area contributed by atoms with Crippen molar-refractivity contribution in [1.29, 1.82) is 0 Å². The molecule has 0 aliphatic heterocycles. The van der Waals surface area contributed by atoms with Crippen molar-refractivity contribution in [2.75, 3.05) is 19.3 Å². The molecule has 2 aromatic heterocycles. The molecule has 1 amide bonds. The van der Waals surface area contributed by atoms with E-state index in [9.17, 15) is 9.59 Å². The first-order chi connectivity index (χ1) is 12.5. The highest BCUT2D eigenvalue weighted by Gasteiger charge is 2.20.